The lowest BCUT2D eigenvalue weighted by Crippen LogP contribution is -2.00. The summed E-state index contributed by atoms with van der Waals surface area (Å²) in [6.45, 7) is 0.346. The molecule has 1 heterocycles. The van der Waals surface area contributed by atoms with E-state index in [1.807, 2.05) is 0 Å². The number of hydrogen-bond donors (Lipinski definition) is 1. The van der Waals surface area contributed by atoms with Gasteiger partial charge in [-0.15, -0.1) is 0 Å². The van der Waals surface area contributed by atoms with Crippen molar-refractivity contribution in [1.29, 1.82) is 0 Å². The molecule has 0 unspecified atom stereocenters. The number of rotatable bonds is 1. The predicted octanol–water partition coefficient (Wildman–Crippen LogP) is 1.96. The molecule has 0 aliphatic carbocycles. The summed E-state index contributed by atoms with van der Waals surface area (Å²) in [7, 11) is 1.53. The number of nitrogens with one attached hydrogen (secondary N) is 1. The highest BCUT2D eigenvalue weighted by Gasteiger charge is 2.20. The zero-order chi connectivity index (χ0) is 9.42. The Hall–Kier alpha value is -1.22. The summed E-state index contributed by atoms with van der Waals surface area (Å²) >= 11 is 5.88. The van der Waals surface area contributed by atoms with Gasteiger partial charge in [-0.2, -0.15) is 0 Å². The van der Waals surface area contributed by atoms with Gasteiger partial charge < -0.3 is 10.1 Å². The molecule has 3 nitrogen and oxygen atoms in total. The van der Waals surface area contributed by atoms with Gasteiger partial charge in [0.25, 0.3) is 0 Å². The van der Waals surface area contributed by atoms with E-state index in [1.165, 1.54) is 7.11 Å². The van der Waals surface area contributed by atoms with Crippen LogP contribution in [0.1, 0.15) is 10.4 Å². The third-order valence-electron chi connectivity index (χ3n) is 2.03. The number of Topliss-reactive ketones (excluding diaryl/α,β-unsaturated/α-hetero) is 1. The summed E-state index contributed by atoms with van der Waals surface area (Å²) in [5, 5.41) is 3.47. The van der Waals surface area contributed by atoms with Crippen LogP contribution in [0.3, 0.4) is 0 Å². The summed E-state index contributed by atoms with van der Waals surface area (Å²) in [5.74, 6) is 0.613. The maximum absolute atomic E-state index is 11.3. The Bertz CT molecular complexity index is 376. The van der Waals surface area contributed by atoms with Crippen molar-refractivity contribution in [3.8, 4) is 5.75 Å². The Morgan fingerprint density at radius 3 is 3.00 bits per heavy atom. The molecule has 1 aliphatic rings. The van der Waals surface area contributed by atoms with Crippen LogP contribution in [0.5, 0.6) is 5.75 Å². The number of hydrogen-bond acceptors (Lipinski definition) is 3. The lowest BCUT2D eigenvalue weighted by molar-refractivity contribution is 0.101. The largest absolute Gasteiger partial charge is 0.495 e. The van der Waals surface area contributed by atoms with Crippen molar-refractivity contribution in [3.63, 3.8) is 0 Å². The van der Waals surface area contributed by atoms with Gasteiger partial charge in [0.05, 0.1) is 18.7 Å². The highest BCUT2D eigenvalue weighted by atomic mass is 35.5. The summed E-state index contributed by atoms with van der Waals surface area (Å²) < 4.78 is 5.01. The first-order valence-corrected chi connectivity index (χ1v) is 4.25. The summed E-state index contributed by atoms with van der Waals surface area (Å²) in [6.07, 6.45) is 0. The van der Waals surface area contributed by atoms with Gasteiger partial charge in [-0.1, -0.05) is 11.6 Å². The number of ketones is 1. The Morgan fingerprint density at radius 1 is 1.54 bits per heavy atom. The molecular weight excluding hydrogens is 190 g/mol. The second-order valence-corrected chi connectivity index (χ2v) is 3.22. The molecule has 1 N–H and O–H groups in total. The molecule has 0 aromatic heterocycles. The van der Waals surface area contributed by atoms with Crippen LogP contribution in [0.15, 0.2) is 12.1 Å². The van der Waals surface area contributed by atoms with Gasteiger partial charge in [0.15, 0.2) is 5.78 Å². The molecule has 0 saturated heterocycles. The van der Waals surface area contributed by atoms with E-state index >= 15 is 0 Å². The number of anilines is 1. The van der Waals surface area contributed by atoms with Gasteiger partial charge in [0, 0.05) is 11.3 Å². The van der Waals surface area contributed by atoms with E-state index in [-0.39, 0.29) is 5.78 Å². The topological polar surface area (TPSA) is 38.3 Å². The quantitative estimate of drug-likeness (QED) is 0.748. The van der Waals surface area contributed by atoms with E-state index < -0.39 is 0 Å². The highest BCUT2D eigenvalue weighted by Crippen LogP contribution is 2.33. The number of methoxy groups -OCH3 is 1. The van der Waals surface area contributed by atoms with E-state index in [1.54, 1.807) is 12.1 Å². The van der Waals surface area contributed by atoms with Crippen molar-refractivity contribution in [2.45, 2.75) is 0 Å². The Balaban J connectivity index is 2.57. The van der Waals surface area contributed by atoms with Gasteiger partial charge in [-0.05, 0) is 12.1 Å². The third-order valence-corrected chi connectivity index (χ3v) is 2.33. The zero-order valence-corrected chi connectivity index (χ0v) is 7.81. The second-order valence-electron chi connectivity index (χ2n) is 2.81. The molecule has 0 saturated carbocycles. The molecule has 4 heteroatoms. The van der Waals surface area contributed by atoms with Crippen LogP contribution in [0.25, 0.3) is 0 Å². The van der Waals surface area contributed by atoms with Crippen LogP contribution >= 0.6 is 11.6 Å². The minimum atomic E-state index is 0.0740. The minimum Gasteiger partial charge on any atom is -0.495 e. The fourth-order valence-corrected chi connectivity index (χ4v) is 1.60. The molecule has 68 valence electrons. The van der Waals surface area contributed by atoms with E-state index in [4.69, 9.17) is 16.3 Å². The molecule has 2 rings (SSSR count). The minimum absolute atomic E-state index is 0.0740. The first-order valence-electron chi connectivity index (χ1n) is 3.87. The van der Waals surface area contributed by atoms with Crippen LogP contribution in [0.2, 0.25) is 5.02 Å². The van der Waals surface area contributed by atoms with Gasteiger partial charge in [0.2, 0.25) is 0 Å². The van der Waals surface area contributed by atoms with Crippen molar-refractivity contribution in [2.24, 2.45) is 0 Å². The molecule has 1 aromatic carbocycles. The number of ether oxygens (including phenoxy) is 1. The normalized spacial score (nSPS) is 13.8. The van der Waals surface area contributed by atoms with Crippen molar-refractivity contribution in [1.82, 2.24) is 0 Å². The zero-order valence-electron chi connectivity index (χ0n) is 7.06. The fraction of sp³-hybridized carbons (Fsp3) is 0.222. The first kappa shape index (κ1) is 8.38. The molecule has 0 fully saturated rings. The molecular formula is C9H8ClNO2. The van der Waals surface area contributed by atoms with E-state index in [2.05, 4.69) is 5.32 Å². The molecule has 1 aromatic rings. The Morgan fingerprint density at radius 2 is 2.31 bits per heavy atom. The molecule has 0 spiro atoms. The Kier molecular flexibility index (Phi) is 1.88. The maximum Gasteiger partial charge on any atom is 0.184 e. The van der Waals surface area contributed by atoms with Crippen molar-refractivity contribution in [3.05, 3.63) is 22.7 Å². The van der Waals surface area contributed by atoms with Crippen LogP contribution in [-0.4, -0.2) is 19.4 Å². The SMILES string of the molecule is COc1cc2c(cc1Cl)NCC2=O. The maximum atomic E-state index is 11.3. The van der Waals surface area contributed by atoms with Crippen molar-refractivity contribution >= 4 is 23.1 Å². The molecule has 0 amide bonds. The predicted molar refractivity (Wildman–Crippen MR) is 50.8 cm³/mol. The smallest absolute Gasteiger partial charge is 0.184 e. The average molecular weight is 198 g/mol. The molecule has 0 atom stereocenters. The van der Waals surface area contributed by atoms with Crippen LogP contribution < -0.4 is 10.1 Å². The monoisotopic (exact) mass is 197 g/mol. The Labute approximate surface area is 80.6 Å². The summed E-state index contributed by atoms with van der Waals surface area (Å²) in [6, 6.07) is 3.38. The van der Waals surface area contributed by atoms with E-state index in [0.29, 0.717) is 22.9 Å². The fourth-order valence-electron chi connectivity index (χ4n) is 1.36. The van der Waals surface area contributed by atoms with Crippen LogP contribution in [0, 0.1) is 0 Å². The summed E-state index contributed by atoms with van der Waals surface area (Å²) in [5.41, 5.74) is 1.44. The van der Waals surface area contributed by atoms with Gasteiger partial charge in [0.1, 0.15) is 5.75 Å². The number of carbonyl (C=O) groups is 1. The van der Waals surface area contributed by atoms with Crippen LogP contribution in [-0.2, 0) is 0 Å². The second kappa shape index (κ2) is 2.92. The van der Waals surface area contributed by atoms with Gasteiger partial charge in [-0.3, -0.25) is 4.79 Å². The number of benzene rings is 1. The number of halogens is 1. The highest BCUT2D eigenvalue weighted by molar-refractivity contribution is 6.32. The first-order chi connectivity index (χ1) is 6.22. The molecule has 0 bridgehead atoms. The van der Waals surface area contributed by atoms with Gasteiger partial charge >= 0.3 is 0 Å². The van der Waals surface area contributed by atoms with E-state index in [0.717, 1.165) is 5.69 Å². The summed E-state index contributed by atoms with van der Waals surface area (Å²) in [4.78, 5) is 11.3. The standard InChI is InChI=1S/C9H8ClNO2/c1-13-9-2-5-7(3-6(9)10)11-4-8(5)12/h2-3,11H,4H2,1H3. The molecule has 0 radical (unpaired) electrons. The third kappa shape index (κ3) is 1.25. The lowest BCUT2D eigenvalue weighted by atomic mass is 10.1. The lowest BCUT2D eigenvalue weighted by Gasteiger charge is -2.04. The number of carbonyl (C=O) groups excluding carboxylic acids is 1. The average Bonchev–Trinajstić information content (AvgIpc) is 2.46. The van der Waals surface area contributed by atoms with Gasteiger partial charge in [-0.25, -0.2) is 0 Å². The van der Waals surface area contributed by atoms with Crippen LogP contribution in [0.4, 0.5) is 5.69 Å². The van der Waals surface area contributed by atoms with Crippen molar-refractivity contribution < 1.29 is 9.53 Å². The van der Waals surface area contributed by atoms with E-state index in [9.17, 15) is 4.79 Å². The number of fused-ring (bicyclic) bond motifs is 1. The van der Waals surface area contributed by atoms with Crippen molar-refractivity contribution in [2.75, 3.05) is 19.0 Å². The molecule has 1 aliphatic heterocycles. The molecule has 13 heavy (non-hydrogen) atoms.